The number of hydrogen-bond donors (Lipinski definition) is 2. The van der Waals surface area contributed by atoms with Crippen LogP contribution in [0.4, 0.5) is 5.82 Å². The summed E-state index contributed by atoms with van der Waals surface area (Å²) in [4.78, 5) is 16.9. The predicted octanol–water partition coefficient (Wildman–Crippen LogP) is 1.45. The summed E-state index contributed by atoms with van der Waals surface area (Å²) in [6.45, 7) is 2.32. The van der Waals surface area contributed by atoms with E-state index >= 15 is 0 Å². The maximum atomic E-state index is 12.2. The van der Waals surface area contributed by atoms with E-state index in [9.17, 15) is 4.79 Å². The number of amides is 1. The molecule has 0 spiro atoms. The molecule has 0 radical (unpaired) electrons. The van der Waals surface area contributed by atoms with Crippen molar-refractivity contribution in [3.63, 3.8) is 0 Å². The van der Waals surface area contributed by atoms with Gasteiger partial charge in [-0.25, -0.2) is 4.98 Å². The molecular formula is C14H15N5OS. The van der Waals surface area contributed by atoms with Gasteiger partial charge in [-0.05, 0) is 30.1 Å². The van der Waals surface area contributed by atoms with Gasteiger partial charge in [0.25, 0.3) is 5.91 Å². The zero-order chi connectivity index (χ0) is 15.1. The van der Waals surface area contributed by atoms with E-state index in [-0.39, 0.29) is 12.5 Å². The van der Waals surface area contributed by atoms with Crippen molar-refractivity contribution in [1.29, 1.82) is 0 Å². The molecule has 108 valence electrons. The third kappa shape index (κ3) is 4.08. The van der Waals surface area contributed by atoms with Gasteiger partial charge in [0, 0.05) is 11.8 Å². The van der Waals surface area contributed by atoms with Gasteiger partial charge in [0.2, 0.25) is 0 Å². The summed E-state index contributed by atoms with van der Waals surface area (Å²) < 4.78 is 3.84. The molecule has 3 N–H and O–H groups in total. The standard InChI is InChI=1S/C14H15N5OS/c1-2-4-11-13(21-19-18-11)14(20)17-12-9-10(5-3-7-15)6-8-16-12/h6,8-9H,2,4,7,15H2,1H3,(H,16,17,20). The molecule has 7 heteroatoms. The van der Waals surface area contributed by atoms with Crippen LogP contribution in [0.5, 0.6) is 0 Å². The summed E-state index contributed by atoms with van der Waals surface area (Å²) in [5.41, 5.74) is 6.81. The lowest BCUT2D eigenvalue weighted by Crippen LogP contribution is -2.13. The molecule has 0 aliphatic rings. The molecule has 0 fully saturated rings. The van der Waals surface area contributed by atoms with Crippen LogP contribution in [0.1, 0.15) is 34.3 Å². The summed E-state index contributed by atoms with van der Waals surface area (Å²) in [6, 6.07) is 3.46. The molecule has 0 saturated heterocycles. The maximum absolute atomic E-state index is 12.2. The molecule has 0 aliphatic heterocycles. The lowest BCUT2D eigenvalue weighted by atomic mass is 10.2. The van der Waals surface area contributed by atoms with Gasteiger partial charge in [-0.1, -0.05) is 29.7 Å². The first-order valence-electron chi connectivity index (χ1n) is 6.52. The van der Waals surface area contributed by atoms with Crippen molar-refractivity contribution in [2.45, 2.75) is 19.8 Å². The lowest BCUT2D eigenvalue weighted by molar-refractivity contribution is 0.102. The molecule has 0 saturated carbocycles. The van der Waals surface area contributed by atoms with Crippen LogP contribution in [0.15, 0.2) is 18.3 Å². The Hall–Kier alpha value is -2.30. The van der Waals surface area contributed by atoms with E-state index in [0.717, 1.165) is 35.6 Å². The smallest absolute Gasteiger partial charge is 0.270 e. The average Bonchev–Trinajstić information content (AvgIpc) is 2.94. The van der Waals surface area contributed by atoms with Gasteiger partial charge < -0.3 is 11.1 Å². The highest BCUT2D eigenvalue weighted by Crippen LogP contribution is 2.15. The Morgan fingerprint density at radius 1 is 1.52 bits per heavy atom. The Balaban J connectivity index is 2.14. The van der Waals surface area contributed by atoms with Crippen LogP contribution < -0.4 is 11.1 Å². The van der Waals surface area contributed by atoms with Crippen molar-refractivity contribution in [3.05, 3.63) is 34.5 Å². The number of nitrogens with zero attached hydrogens (tertiary/aromatic N) is 3. The Labute approximate surface area is 127 Å². The first-order valence-corrected chi connectivity index (χ1v) is 7.29. The largest absolute Gasteiger partial charge is 0.320 e. The molecule has 0 atom stereocenters. The minimum absolute atomic E-state index is 0.245. The van der Waals surface area contributed by atoms with E-state index in [1.807, 2.05) is 6.92 Å². The van der Waals surface area contributed by atoms with E-state index in [1.165, 1.54) is 0 Å². The number of pyridine rings is 1. The molecule has 0 bridgehead atoms. The van der Waals surface area contributed by atoms with Crippen molar-refractivity contribution in [2.75, 3.05) is 11.9 Å². The molecule has 2 heterocycles. The summed E-state index contributed by atoms with van der Waals surface area (Å²) in [5, 5.41) is 6.72. The van der Waals surface area contributed by atoms with Gasteiger partial charge in [-0.15, -0.1) is 5.10 Å². The molecular weight excluding hydrogens is 286 g/mol. The highest BCUT2D eigenvalue weighted by atomic mass is 32.1. The molecule has 2 aromatic heterocycles. The van der Waals surface area contributed by atoms with Crippen LogP contribution in [0.3, 0.4) is 0 Å². The zero-order valence-corrected chi connectivity index (χ0v) is 12.4. The summed E-state index contributed by atoms with van der Waals surface area (Å²) in [5.74, 6) is 5.85. The second-order valence-corrected chi connectivity index (χ2v) is 4.94. The molecule has 0 aromatic carbocycles. The monoisotopic (exact) mass is 301 g/mol. The van der Waals surface area contributed by atoms with Gasteiger partial charge in [0.05, 0.1) is 12.2 Å². The fourth-order valence-corrected chi connectivity index (χ4v) is 2.29. The van der Waals surface area contributed by atoms with Crippen molar-refractivity contribution in [2.24, 2.45) is 5.73 Å². The van der Waals surface area contributed by atoms with Crippen LogP contribution >= 0.6 is 11.5 Å². The van der Waals surface area contributed by atoms with Gasteiger partial charge in [0.1, 0.15) is 10.7 Å². The second-order valence-electron chi connectivity index (χ2n) is 4.19. The number of rotatable bonds is 4. The molecule has 21 heavy (non-hydrogen) atoms. The average molecular weight is 301 g/mol. The predicted molar refractivity (Wildman–Crippen MR) is 82.0 cm³/mol. The number of nitrogens with two attached hydrogens (primary N) is 1. The number of nitrogens with one attached hydrogen (secondary N) is 1. The number of aryl methyl sites for hydroxylation is 1. The Kier molecular flexibility index (Phi) is 5.37. The molecule has 2 aromatic rings. The van der Waals surface area contributed by atoms with Crippen LogP contribution in [-0.4, -0.2) is 27.0 Å². The summed E-state index contributed by atoms with van der Waals surface area (Å²) >= 11 is 1.09. The van der Waals surface area contributed by atoms with E-state index in [2.05, 4.69) is 31.7 Å². The second kappa shape index (κ2) is 7.47. The lowest BCUT2D eigenvalue weighted by Gasteiger charge is -2.03. The topological polar surface area (TPSA) is 93.8 Å². The minimum atomic E-state index is -0.245. The zero-order valence-electron chi connectivity index (χ0n) is 11.6. The fourth-order valence-electron chi connectivity index (χ4n) is 1.68. The van der Waals surface area contributed by atoms with Crippen molar-refractivity contribution in [1.82, 2.24) is 14.6 Å². The van der Waals surface area contributed by atoms with E-state index in [0.29, 0.717) is 10.7 Å². The van der Waals surface area contributed by atoms with Gasteiger partial charge >= 0.3 is 0 Å². The van der Waals surface area contributed by atoms with Crippen LogP contribution in [0, 0.1) is 11.8 Å². The molecule has 0 aliphatic carbocycles. The van der Waals surface area contributed by atoms with Crippen LogP contribution in [0.2, 0.25) is 0 Å². The maximum Gasteiger partial charge on any atom is 0.270 e. The number of aromatic nitrogens is 3. The van der Waals surface area contributed by atoms with Crippen LogP contribution in [-0.2, 0) is 6.42 Å². The van der Waals surface area contributed by atoms with Crippen LogP contribution in [0.25, 0.3) is 0 Å². The summed E-state index contributed by atoms with van der Waals surface area (Å²) in [6.07, 6.45) is 3.23. The quantitative estimate of drug-likeness (QED) is 0.834. The van der Waals surface area contributed by atoms with Gasteiger partial charge in [-0.3, -0.25) is 4.79 Å². The highest BCUT2D eigenvalue weighted by Gasteiger charge is 2.16. The summed E-state index contributed by atoms with van der Waals surface area (Å²) in [7, 11) is 0. The van der Waals surface area contributed by atoms with Gasteiger partial charge in [-0.2, -0.15) is 0 Å². The van der Waals surface area contributed by atoms with E-state index in [4.69, 9.17) is 5.73 Å². The Morgan fingerprint density at radius 3 is 3.14 bits per heavy atom. The molecule has 1 amide bonds. The number of hydrogen-bond acceptors (Lipinski definition) is 6. The number of carbonyl (C=O) groups excluding carboxylic acids is 1. The van der Waals surface area contributed by atoms with E-state index in [1.54, 1.807) is 18.3 Å². The molecule has 0 unspecified atom stereocenters. The molecule has 2 rings (SSSR count). The molecule has 6 nitrogen and oxygen atoms in total. The highest BCUT2D eigenvalue weighted by molar-refractivity contribution is 7.08. The third-order valence-electron chi connectivity index (χ3n) is 2.59. The first-order chi connectivity index (χ1) is 10.2. The van der Waals surface area contributed by atoms with Crippen molar-refractivity contribution < 1.29 is 4.79 Å². The third-order valence-corrected chi connectivity index (χ3v) is 3.35. The minimum Gasteiger partial charge on any atom is -0.320 e. The SMILES string of the molecule is CCCc1nnsc1C(=O)Nc1cc(C#CCN)ccn1. The van der Waals surface area contributed by atoms with Crippen molar-refractivity contribution >= 4 is 23.3 Å². The normalized spacial score (nSPS) is 9.81. The Bertz CT molecular complexity index is 686. The fraction of sp³-hybridized carbons (Fsp3) is 0.286. The van der Waals surface area contributed by atoms with E-state index < -0.39 is 0 Å². The Morgan fingerprint density at radius 2 is 2.38 bits per heavy atom. The van der Waals surface area contributed by atoms with Crippen molar-refractivity contribution in [3.8, 4) is 11.8 Å². The number of carbonyl (C=O) groups is 1. The van der Waals surface area contributed by atoms with Gasteiger partial charge in [0.15, 0.2) is 0 Å². The first kappa shape index (κ1) is 15.1. The number of anilines is 1.